The molecule has 5 heterocycles. The maximum absolute atomic E-state index is 14.2. The summed E-state index contributed by atoms with van der Waals surface area (Å²) in [5.41, 5.74) is 8.27. The third-order valence-electron chi connectivity index (χ3n) is 10.7. The first-order valence-electron chi connectivity index (χ1n) is 19.1. The fourth-order valence-corrected chi connectivity index (χ4v) is 7.84. The summed E-state index contributed by atoms with van der Waals surface area (Å²) in [7, 11) is 3.21. The van der Waals surface area contributed by atoms with Crippen LogP contribution >= 0.6 is 0 Å². The molecule has 2 aliphatic rings. The molecule has 294 valence electrons. The minimum atomic E-state index is -1.11. The SMILES string of the molecule is CCn1c(-c2cccnc2C(C)OC)c2c3cc(ccc31)-c1cnc(o1)CC(NC(=O)C(C(C)C)N(C)C=O)C(=O)N1CCC[C@H](N1)C(=O)OCC(C)(C)C2. The van der Waals surface area contributed by atoms with Gasteiger partial charge in [-0.3, -0.25) is 29.2 Å². The number of rotatable bonds is 9. The van der Waals surface area contributed by atoms with Crippen LogP contribution in [0.4, 0.5) is 0 Å². The molecule has 0 radical (unpaired) electrons. The summed E-state index contributed by atoms with van der Waals surface area (Å²) < 4.78 is 20.4. The molecule has 1 aromatic carbocycles. The van der Waals surface area contributed by atoms with E-state index in [4.69, 9.17) is 18.9 Å². The third-order valence-corrected chi connectivity index (χ3v) is 10.7. The van der Waals surface area contributed by atoms with Crippen LogP contribution in [0.25, 0.3) is 33.5 Å². The highest BCUT2D eigenvalue weighted by molar-refractivity contribution is 5.95. The van der Waals surface area contributed by atoms with Gasteiger partial charge in [-0.2, -0.15) is 0 Å². The van der Waals surface area contributed by atoms with E-state index in [0.29, 0.717) is 44.5 Å². The maximum atomic E-state index is 14.2. The predicted molar refractivity (Wildman–Crippen MR) is 206 cm³/mol. The van der Waals surface area contributed by atoms with Crippen molar-refractivity contribution in [3.63, 3.8) is 0 Å². The molecule has 1 fully saturated rings. The van der Waals surface area contributed by atoms with Crippen molar-refractivity contribution in [3.05, 3.63) is 59.9 Å². The van der Waals surface area contributed by atoms with Crippen molar-refractivity contribution in [3.8, 4) is 22.6 Å². The molecule has 0 saturated carbocycles. The van der Waals surface area contributed by atoms with Crippen LogP contribution in [0, 0.1) is 11.3 Å². The second-order valence-electron chi connectivity index (χ2n) is 15.7. The first-order chi connectivity index (χ1) is 26.3. The zero-order chi connectivity index (χ0) is 39.6. The number of hydrogen-bond donors (Lipinski definition) is 2. The number of carbonyl (C=O) groups excluding carboxylic acids is 4. The summed E-state index contributed by atoms with van der Waals surface area (Å²) in [6.45, 7) is 13.1. The number of fused-ring (bicyclic) bond motifs is 6. The molecule has 0 spiro atoms. The first-order valence-corrected chi connectivity index (χ1v) is 19.1. The van der Waals surface area contributed by atoms with Gasteiger partial charge >= 0.3 is 5.97 Å². The van der Waals surface area contributed by atoms with Crippen LogP contribution in [0.3, 0.4) is 0 Å². The number of nitrogens with one attached hydrogen (secondary N) is 2. The predicted octanol–water partition coefficient (Wildman–Crippen LogP) is 4.85. The summed E-state index contributed by atoms with van der Waals surface area (Å²) in [6.07, 6.45) is 5.27. The Hall–Kier alpha value is -5.08. The largest absolute Gasteiger partial charge is 0.464 e. The zero-order valence-electron chi connectivity index (χ0n) is 33.0. The van der Waals surface area contributed by atoms with Gasteiger partial charge in [0.1, 0.15) is 18.1 Å². The van der Waals surface area contributed by atoms with Crippen LogP contribution in [-0.4, -0.2) is 94.1 Å². The van der Waals surface area contributed by atoms with Gasteiger partial charge in [-0.15, -0.1) is 0 Å². The van der Waals surface area contributed by atoms with Crippen LogP contribution in [0.2, 0.25) is 0 Å². The quantitative estimate of drug-likeness (QED) is 0.179. The summed E-state index contributed by atoms with van der Waals surface area (Å²) in [5, 5.41) is 5.26. The lowest BCUT2D eigenvalue weighted by atomic mass is 9.84. The van der Waals surface area contributed by atoms with E-state index in [-0.39, 0.29) is 30.9 Å². The number of oxazole rings is 1. The number of amides is 3. The number of hydrazine groups is 1. The van der Waals surface area contributed by atoms with Gasteiger partial charge in [0.25, 0.3) is 5.91 Å². The van der Waals surface area contributed by atoms with Crippen LogP contribution in [-0.2, 0) is 48.0 Å². The molecule has 1 saturated heterocycles. The molecule has 2 aliphatic heterocycles. The smallest absolute Gasteiger partial charge is 0.324 e. The highest BCUT2D eigenvalue weighted by atomic mass is 16.5. The minimum absolute atomic E-state index is 0.0625. The number of aryl methyl sites for hydroxylation is 1. The lowest BCUT2D eigenvalue weighted by Crippen LogP contribution is -2.62. The van der Waals surface area contributed by atoms with Crippen LogP contribution < -0.4 is 10.7 Å². The number of nitrogens with zero attached hydrogens (tertiary/aromatic N) is 5. The number of methoxy groups -OCH3 is 1. The highest BCUT2D eigenvalue weighted by Gasteiger charge is 2.37. The Labute approximate surface area is 321 Å². The molecule has 3 unspecified atom stereocenters. The van der Waals surface area contributed by atoms with Crippen molar-refractivity contribution in [2.75, 3.05) is 27.3 Å². The van der Waals surface area contributed by atoms with Gasteiger partial charge in [-0.25, -0.2) is 10.4 Å². The molecule has 14 heteroatoms. The van der Waals surface area contributed by atoms with E-state index in [9.17, 15) is 19.2 Å². The Morgan fingerprint density at radius 1 is 1.20 bits per heavy atom. The van der Waals surface area contributed by atoms with E-state index in [1.807, 2.05) is 32.9 Å². The van der Waals surface area contributed by atoms with Gasteiger partial charge in [0.05, 0.1) is 36.7 Å². The van der Waals surface area contributed by atoms with Gasteiger partial charge in [0, 0.05) is 60.9 Å². The summed E-state index contributed by atoms with van der Waals surface area (Å²) in [4.78, 5) is 63.8. The third kappa shape index (κ3) is 8.15. The number of cyclic esters (lactones) is 1. The Balaban J connectivity index is 1.49. The van der Waals surface area contributed by atoms with Crippen molar-refractivity contribution in [1.82, 2.24) is 35.2 Å². The fourth-order valence-electron chi connectivity index (χ4n) is 7.84. The van der Waals surface area contributed by atoms with Crippen molar-refractivity contribution in [1.29, 1.82) is 0 Å². The molecule has 4 aromatic rings. The number of carbonyl (C=O) groups is 4. The number of pyridine rings is 1. The van der Waals surface area contributed by atoms with Crippen LogP contribution in [0.5, 0.6) is 0 Å². The van der Waals surface area contributed by atoms with E-state index in [1.54, 1.807) is 19.5 Å². The summed E-state index contributed by atoms with van der Waals surface area (Å²) in [6, 6.07) is 7.48. The fraction of sp³-hybridized carbons (Fsp3) is 0.512. The topological polar surface area (TPSA) is 161 Å². The number of benzene rings is 1. The van der Waals surface area contributed by atoms with Crippen molar-refractivity contribution in [2.24, 2.45) is 11.3 Å². The Kier molecular flexibility index (Phi) is 11.8. The normalized spacial score (nSPS) is 20.1. The standard InChI is InChI=1S/C41H53N7O7/c1-9-47-32-15-14-26-18-28(32)29(37(47)27-12-10-16-42-35(27)25(4)53-8)20-41(5,6)22-54-40(52)30-13-11-17-48(45-30)39(51)31(19-34-43-21-33(26)55-34)44-38(50)36(24(2)3)46(7)23-49/h10,12,14-16,18,21,23-25,30-31,36,45H,9,11,13,17,19-20,22H2,1-8H3,(H,44,50)/t25?,30-,31?,36?/m0/s1. The molecule has 4 atom stereocenters. The molecule has 0 aliphatic carbocycles. The molecule has 6 bridgehead atoms. The van der Waals surface area contributed by atoms with E-state index < -0.39 is 41.3 Å². The Morgan fingerprint density at radius 2 is 1.98 bits per heavy atom. The first kappa shape index (κ1) is 39.6. The molecular formula is C41H53N7O7. The Bertz CT molecular complexity index is 2050. The molecule has 3 amide bonds. The van der Waals surface area contributed by atoms with E-state index in [2.05, 4.69) is 59.3 Å². The average Bonchev–Trinajstić information content (AvgIpc) is 3.77. The Morgan fingerprint density at radius 3 is 2.69 bits per heavy atom. The van der Waals surface area contributed by atoms with Crippen molar-refractivity contribution < 1.29 is 33.1 Å². The molecule has 2 N–H and O–H groups in total. The van der Waals surface area contributed by atoms with Crippen molar-refractivity contribution >= 4 is 35.1 Å². The number of esters is 1. The lowest BCUT2D eigenvalue weighted by molar-refractivity contribution is -0.155. The van der Waals surface area contributed by atoms with Crippen LogP contribution in [0.1, 0.15) is 77.6 Å². The van der Waals surface area contributed by atoms with Gasteiger partial charge in [-0.05, 0) is 74.9 Å². The molecule has 14 nitrogen and oxygen atoms in total. The molecular weight excluding hydrogens is 702 g/mol. The van der Waals surface area contributed by atoms with Crippen molar-refractivity contribution in [2.45, 2.75) is 98.0 Å². The number of hydrogen-bond acceptors (Lipinski definition) is 10. The second-order valence-corrected chi connectivity index (χ2v) is 15.7. The molecule has 55 heavy (non-hydrogen) atoms. The number of aromatic nitrogens is 3. The lowest BCUT2D eigenvalue weighted by Gasteiger charge is -2.36. The highest BCUT2D eigenvalue weighted by Crippen LogP contribution is 2.42. The summed E-state index contributed by atoms with van der Waals surface area (Å²) in [5.74, 6) is -0.885. The average molecular weight is 756 g/mol. The number of likely N-dealkylation sites (N-methyl/N-ethyl adjacent to an activating group) is 1. The van der Waals surface area contributed by atoms with Gasteiger partial charge in [0.2, 0.25) is 12.3 Å². The molecule has 3 aromatic heterocycles. The van der Waals surface area contributed by atoms with Crippen LogP contribution in [0.15, 0.2) is 47.1 Å². The maximum Gasteiger partial charge on any atom is 0.324 e. The number of ether oxygens (including phenoxy) is 2. The van der Waals surface area contributed by atoms with Gasteiger partial charge < -0.3 is 28.7 Å². The van der Waals surface area contributed by atoms with E-state index >= 15 is 0 Å². The van der Waals surface area contributed by atoms with Gasteiger partial charge in [0.15, 0.2) is 11.7 Å². The monoisotopic (exact) mass is 755 g/mol. The zero-order valence-corrected chi connectivity index (χ0v) is 33.0. The molecule has 6 rings (SSSR count). The van der Waals surface area contributed by atoms with Gasteiger partial charge in [-0.1, -0.05) is 27.7 Å². The minimum Gasteiger partial charge on any atom is -0.464 e. The van der Waals surface area contributed by atoms with E-state index in [1.165, 1.54) is 17.0 Å². The second kappa shape index (κ2) is 16.3. The summed E-state index contributed by atoms with van der Waals surface area (Å²) >= 11 is 0. The van der Waals surface area contributed by atoms with E-state index in [0.717, 1.165) is 39.0 Å².